The molecule has 0 fully saturated rings. The lowest BCUT2D eigenvalue weighted by molar-refractivity contribution is 0.597. The van der Waals surface area contributed by atoms with E-state index in [1.807, 2.05) is 31.2 Å². The second-order valence-corrected chi connectivity index (χ2v) is 5.93. The molecule has 0 heterocycles. The van der Waals surface area contributed by atoms with Crippen LogP contribution in [0.1, 0.15) is 29.7 Å². The van der Waals surface area contributed by atoms with Crippen LogP contribution in [0.25, 0.3) is 0 Å². The van der Waals surface area contributed by atoms with Gasteiger partial charge in [-0.2, -0.15) is 0 Å². The monoisotopic (exact) mass is 355 g/mol. The van der Waals surface area contributed by atoms with Crippen molar-refractivity contribution in [3.63, 3.8) is 0 Å². The molecule has 1 nitrogen and oxygen atoms in total. The topological polar surface area (TPSA) is 12.0 Å². The number of rotatable bonds is 4. The molecule has 0 radical (unpaired) electrons. The van der Waals surface area contributed by atoms with Gasteiger partial charge in [0.05, 0.1) is 11.1 Å². The third-order valence-corrected chi connectivity index (χ3v) is 4.45. The third kappa shape index (κ3) is 3.40. The van der Waals surface area contributed by atoms with E-state index in [-0.39, 0.29) is 11.9 Å². The summed E-state index contributed by atoms with van der Waals surface area (Å²) in [5.41, 5.74) is 2.56. The maximum absolute atomic E-state index is 13.8. The summed E-state index contributed by atoms with van der Waals surface area (Å²) in [6.45, 7) is 4.57. The minimum absolute atomic E-state index is 0.0688. The molecule has 2 aromatic carbocycles. The molecule has 0 spiro atoms. The van der Waals surface area contributed by atoms with Crippen molar-refractivity contribution in [1.82, 2.24) is 5.32 Å². The van der Waals surface area contributed by atoms with Gasteiger partial charge >= 0.3 is 0 Å². The first kappa shape index (κ1) is 15.5. The molecule has 0 aliphatic heterocycles. The summed E-state index contributed by atoms with van der Waals surface area (Å²) in [5, 5.41) is 4.02. The lowest BCUT2D eigenvalue weighted by Crippen LogP contribution is -2.22. The van der Waals surface area contributed by atoms with Crippen LogP contribution < -0.4 is 5.32 Å². The van der Waals surface area contributed by atoms with Crippen LogP contribution in [-0.2, 0) is 0 Å². The zero-order chi connectivity index (χ0) is 14.7. The van der Waals surface area contributed by atoms with Gasteiger partial charge in [-0.05, 0) is 64.3 Å². The van der Waals surface area contributed by atoms with Gasteiger partial charge in [-0.25, -0.2) is 4.39 Å². The third-order valence-electron chi connectivity index (χ3n) is 3.21. The zero-order valence-corrected chi connectivity index (χ0v) is 13.7. The second kappa shape index (κ2) is 6.70. The van der Waals surface area contributed by atoms with Gasteiger partial charge in [0.1, 0.15) is 5.82 Å². The summed E-state index contributed by atoms with van der Waals surface area (Å²) in [5.74, 6) is -0.186. The summed E-state index contributed by atoms with van der Waals surface area (Å²) in [6.07, 6.45) is 0. The van der Waals surface area contributed by atoms with E-state index in [4.69, 9.17) is 11.6 Å². The molecule has 1 N–H and O–H groups in total. The maximum Gasteiger partial charge on any atom is 0.126 e. The average molecular weight is 357 g/mol. The normalized spacial score (nSPS) is 12.4. The van der Waals surface area contributed by atoms with Crippen LogP contribution in [-0.4, -0.2) is 6.54 Å². The van der Waals surface area contributed by atoms with Gasteiger partial charge in [-0.3, -0.25) is 0 Å². The molecule has 0 bridgehead atoms. The van der Waals surface area contributed by atoms with Gasteiger partial charge in [0.15, 0.2) is 0 Å². The first-order chi connectivity index (χ1) is 9.52. The molecular weight excluding hydrogens is 341 g/mol. The molecule has 20 heavy (non-hydrogen) atoms. The summed E-state index contributed by atoms with van der Waals surface area (Å²) >= 11 is 9.54. The van der Waals surface area contributed by atoms with E-state index < -0.39 is 0 Å². The van der Waals surface area contributed by atoms with Crippen molar-refractivity contribution in [1.29, 1.82) is 0 Å². The quantitative estimate of drug-likeness (QED) is 0.789. The SMILES string of the molecule is CCNC(c1ccc(C)c(F)c1)c1ccc(Br)c(Cl)c1. The average Bonchev–Trinajstić information content (AvgIpc) is 2.43. The fourth-order valence-electron chi connectivity index (χ4n) is 2.11. The van der Waals surface area contributed by atoms with E-state index in [0.29, 0.717) is 10.6 Å². The van der Waals surface area contributed by atoms with Crippen LogP contribution in [0.2, 0.25) is 5.02 Å². The molecule has 106 valence electrons. The lowest BCUT2D eigenvalue weighted by atomic mass is 9.97. The van der Waals surface area contributed by atoms with Gasteiger partial charge < -0.3 is 5.32 Å². The number of halogens is 3. The predicted molar refractivity (Wildman–Crippen MR) is 85.8 cm³/mol. The number of hydrogen-bond acceptors (Lipinski definition) is 1. The van der Waals surface area contributed by atoms with Crippen molar-refractivity contribution in [2.45, 2.75) is 19.9 Å². The second-order valence-electron chi connectivity index (χ2n) is 4.67. The van der Waals surface area contributed by atoms with E-state index in [2.05, 4.69) is 21.2 Å². The Morgan fingerprint density at radius 1 is 1.20 bits per heavy atom. The van der Waals surface area contributed by atoms with E-state index in [1.54, 1.807) is 19.1 Å². The molecule has 0 saturated heterocycles. The molecule has 2 aromatic rings. The van der Waals surface area contributed by atoms with E-state index in [1.165, 1.54) is 0 Å². The lowest BCUT2D eigenvalue weighted by Gasteiger charge is -2.20. The van der Waals surface area contributed by atoms with Crippen LogP contribution in [0.3, 0.4) is 0 Å². The summed E-state index contributed by atoms with van der Waals surface area (Å²) in [7, 11) is 0. The van der Waals surface area contributed by atoms with Gasteiger partial charge in [0, 0.05) is 4.47 Å². The van der Waals surface area contributed by atoms with E-state index in [9.17, 15) is 4.39 Å². The molecule has 0 aliphatic rings. The molecular formula is C16H16BrClFN. The number of benzene rings is 2. The van der Waals surface area contributed by atoms with Crippen LogP contribution in [0.15, 0.2) is 40.9 Å². The van der Waals surface area contributed by atoms with Crippen molar-refractivity contribution in [2.75, 3.05) is 6.54 Å². The smallest absolute Gasteiger partial charge is 0.126 e. The maximum atomic E-state index is 13.8. The molecule has 4 heteroatoms. The van der Waals surface area contributed by atoms with Crippen LogP contribution in [0.4, 0.5) is 4.39 Å². The highest BCUT2D eigenvalue weighted by Crippen LogP contribution is 2.29. The summed E-state index contributed by atoms with van der Waals surface area (Å²) < 4.78 is 14.6. The number of aryl methyl sites for hydroxylation is 1. The molecule has 1 atom stereocenters. The highest BCUT2D eigenvalue weighted by molar-refractivity contribution is 9.10. The Hall–Kier alpha value is -0.900. The fourth-order valence-corrected chi connectivity index (χ4v) is 2.55. The zero-order valence-electron chi connectivity index (χ0n) is 11.4. The molecule has 0 saturated carbocycles. The Bertz CT molecular complexity index is 564. The van der Waals surface area contributed by atoms with Gasteiger partial charge in [-0.15, -0.1) is 0 Å². The van der Waals surface area contributed by atoms with Gasteiger partial charge in [0.2, 0.25) is 0 Å². The minimum atomic E-state index is -0.186. The Morgan fingerprint density at radius 2 is 1.85 bits per heavy atom. The highest BCUT2D eigenvalue weighted by Gasteiger charge is 2.15. The molecule has 2 rings (SSSR count). The van der Waals surface area contributed by atoms with E-state index >= 15 is 0 Å². The standard InChI is InChI=1S/C16H16BrClFN/c1-3-20-16(11-6-7-13(17)14(18)8-11)12-5-4-10(2)15(19)9-12/h4-9,16,20H,3H2,1-2H3. The van der Waals surface area contributed by atoms with E-state index in [0.717, 1.165) is 22.1 Å². The molecule has 0 aromatic heterocycles. The molecule has 0 aliphatic carbocycles. The Labute approximate surface area is 132 Å². The fraction of sp³-hybridized carbons (Fsp3) is 0.250. The first-order valence-electron chi connectivity index (χ1n) is 6.47. The molecule has 1 unspecified atom stereocenters. The number of nitrogens with one attached hydrogen (secondary N) is 1. The van der Waals surface area contributed by atoms with Crippen LogP contribution in [0.5, 0.6) is 0 Å². The van der Waals surface area contributed by atoms with Crippen molar-refractivity contribution < 1.29 is 4.39 Å². The molecule has 0 amide bonds. The largest absolute Gasteiger partial charge is 0.307 e. The Balaban J connectivity index is 2.44. The summed E-state index contributed by atoms with van der Waals surface area (Å²) in [4.78, 5) is 0. The minimum Gasteiger partial charge on any atom is -0.307 e. The first-order valence-corrected chi connectivity index (χ1v) is 7.64. The van der Waals surface area contributed by atoms with Gasteiger partial charge in [0.25, 0.3) is 0 Å². The highest BCUT2D eigenvalue weighted by atomic mass is 79.9. The number of hydrogen-bond donors (Lipinski definition) is 1. The van der Waals surface area contributed by atoms with Crippen molar-refractivity contribution in [2.24, 2.45) is 0 Å². The Kier molecular flexibility index (Phi) is 5.19. The predicted octanol–water partition coefficient (Wildman–Crippen LogP) is 5.25. The van der Waals surface area contributed by atoms with Crippen LogP contribution >= 0.6 is 27.5 Å². The Morgan fingerprint density at radius 3 is 2.45 bits per heavy atom. The van der Waals surface area contributed by atoms with Crippen molar-refractivity contribution in [3.05, 3.63) is 68.4 Å². The van der Waals surface area contributed by atoms with Crippen molar-refractivity contribution in [3.8, 4) is 0 Å². The van der Waals surface area contributed by atoms with Crippen molar-refractivity contribution >= 4 is 27.5 Å². The van der Waals surface area contributed by atoms with Crippen LogP contribution in [0, 0.1) is 12.7 Å². The van der Waals surface area contributed by atoms with Gasteiger partial charge in [-0.1, -0.05) is 36.7 Å². The summed E-state index contributed by atoms with van der Waals surface area (Å²) in [6, 6.07) is 11.1.